The van der Waals surface area contributed by atoms with Gasteiger partial charge in [0.25, 0.3) is 0 Å². The van der Waals surface area contributed by atoms with Crippen molar-refractivity contribution in [3.63, 3.8) is 0 Å². The Morgan fingerprint density at radius 2 is 1.26 bits per heavy atom. The average molecular weight is 433 g/mol. The first-order chi connectivity index (χ1) is 9.90. The van der Waals surface area contributed by atoms with Crippen LogP contribution in [0.4, 0.5) is 0 Å². The van der Waals surface area contributed by atoms with Gasteiger partial charge in [-0.05, 0) is 28.9 Å². The molecule has 0 saturated heterocycles. The van der Waals surface area contributed by atoms with Crippen molar-refractivity contribution in [1.29, 1.82) is 0 Å². The van der Waals surface area contributed by atoms with Crippen LogP contribution in [0.3, 0.4) is 0 Å². The van der Waals surface area contributed by atoms with E-state index in [1.165, 1.54) is 0 Å². The van der Waals surface area contributed by atoms with Crippen LogP contribution in [-0.4, -0.2) is 9.97 Å². The maximum absolute atomic E-state index is 4.66. The molecule has 0 fully saturated rings. The second-order valence-corrected chi connectivity index (χ2v) is 4.70. The van der Waals surface area contributed by atoms with E-state index in [0.29, 0.717) is 0 Å². The Hall–Kier alpha value is -1.50. The molecule has 0 N–H and O–H groups in total. The van der Waals surface area contributed by atoms with Crippen LogP contribution in [0.1, 0.15) is 0 Å². The van der Waals surface area contributed by atoms with Gasteiger partial charge in [-0.1, -0.05) is 47.9 Å². The van der Waals surface area contributed by atoms with Crippen molar-refractivity contribution in [3.8, 4) is 11.4 Å². The summed E-state index contributed by atoms with van der Waals surface area (Å²) in [6.07, 6.45) is 0. The molecule has 0 saturated carbocycles. The number of hydrogen-bond donors (Lipinski definition) is 0. The first kappa shape index (κ1) is 19.5. The topological polar surface area (TPSA) is 25.8 Å². The maximum atomic E-state index is 4.66. The molecule has 0 radical (unpaired) electrons. The minimum atomic E-state index is 0. The van der Waals surface area contributed by atoms with Crippen LogP contribution >= 0.6 is 0 Å². The summed E-state index contributed by atoms with van der Waals surface area (Å²) in [4.78, 5) is 9.29. The van der Waals surface area contributed by atoms with Crippen molar-refractivity contribution in [2.75, 3.05) is 0 Å². The zero-order valence-electron chi connectivity index (χ0n) is 11.8. The maximum Gasteiger partial charge on any atom is 2.00 e. The summed E-state index contributed by atoms with van der Waals surface area (Å²) in [5.41, 5.74) is 3.59. The number of fused-ring (bicyclic) bond motifs is 2. The Labute approximate surface area is 160 Å². The van der Waals surface area contributed by atoms with Crippen molar-refractivity contribution in [3.05, 3.63) is 72.8 Å². The zero-order valence-corrected chi connectivity index (χ0v) is 14.9. The molecular formula is C18H11Cl2N2Pd-. The van der Waals surface area contributed by atoms with Gasteiger partial charge in [-0.2, -0.15) is 12.1 Å². The summed E-state index contributed by atoms with van der Waals surface area (Å²) in [5, 5.41) is 2.23. The van der Waals surface area contributed by atoms with Crippen LogP contribution in [0.5, 0.6) is 0 Å². The van der Waals surface area contributed by atoms with Crippen molar-refractivity contribution in [1.82, 2.24) is 9.97 Å². The molecular weight excluding hydrogens is 422 g/mol. The quantitative estimate of drug-likeness (QED) is 0.264. The van der Waals surface area contributed by atoms with E-state index >= 15 is 0 Å². The molecule has 0 spiro atoms. The molecule has 0 bridgehead atoms. The van der Waals surface area contributed by atoms with E-state index in [0.717, 1.165) is 33.2 Å². The number of rotatable bonds is 1. The summed E-state index contributed by atoms with van der Waals surface area (Å²) in [6.45, 7) is 0. The van der Waals surface area contributed by atoms with Crippen molar-refractivity contribution in [2.24, 2.45) is 0 Å². The molecule has 2 aromatic heterocycles. The van der Waals surface area contributed by atoms with Gasteiger partial charge in [0.15, 0.2) is 0 Å². The Balaban J connectivity index is 0.000000882. The van der Waals surface area contributed by atoms with Crippen LogP contribution in [-0.2, 0) is 20.4 Å². The van der Waals surface area contributed by atoms with E-state index in [9.17, 15) is 0 Å². The molecule has 2 heterocycles. The second kappa shape index (κ2) is 8.38. The monoisotopic (exact) mass is 431 g/mol. The Kier molecular flexibility index (Phi) is 7.12. The van der Waals surface area contributed by atoms with Gasteiger partial charge in [-0.3, -0.25) is 4.98 Å². The third-order valence-corrected chi connectivity index (χ3v) is 3.37. The van der Waals surface area contributed by atoms with Crippen LogP contribution in [0.15, 0.2) is 66.7 Å². The van der Waals surface area contributed by atoms with Gasteiger partial charge in [0.2, 0.25) is 0 Å². The normalized spacial score (nSPS) is 9.57. The fourth-order valence-corrected chi connectivity index (χ4v) is 2.34. The number of hydrogen-bond acceptors (Lipinski definition) is 2. The molecule has 2 aromatic carbocycles. The minimum Gasteiger partial charge on any atom is -1.00 e. The molecule has 0 unspecified atom stereocenters. The SMILES string of the molecule is [Cl-].[Cl-].[Pd+2].[c-]1cc2ccccc2nc1-c1ccc2ccccc2n1. The zero-order chi connectivity index (χ0) is 13.4. The van der Waals surface area contributed by atoms with E-state index in [2.05, 4.69) is 28.2 Å². The molecule has 4 rings (SSSR count). The predicted octanol–water partition coefficient (Wildman–Crippen LogP) is -1.74. The Bertz CT molecular complexity index is 851. The Morgan fingerprint density at radius 1 is 0.652 bits per heavy atom. The van der Waals surface area contributed by atoms with Crippen LogP contribution < -0.4 is 24.8 Å². The number of pyridine rings is 2. The van der Waals surface area contributed by atoms with E-state index in [1.54, 1.807) is 0 Å². The minimum absolute atomic E-state index is 0. The Morgan fingerprint density at radius 3 is 2.00 bits per heavy atom. The summed E-state index contributed by atoms with van der Waals surface area (Å²) in [7, 11) is 0. The van der Waals surface area contributed by atoms with E-state index in [4.69, 9.17) is 0 Å². The number of halogens is 2. The number of aromatic nitrogens is 2. The van der Waals surface area contributed by atoms with Gasteiger partial charge >= 0.3 is 20.4 Å². The number of nitrogens with zero attached hydrogens (tertiary/aromatic N) is 2. The summed E-state index contributed by atoms with van der Waals surface area (Å²) < 4.78 is 0. The first-order valence-electron chi connectivity index (χ1n) is 6.54. The summed E-state index contributed by atoms with van der Waals surface area (Å²) >= 11 is 0. The van der Waals surface area contributed by atoms with E-state index < -0.39 is 0 Å². The van der Waals surface area contributed by atoms with Gasteiger partial charge in [0, 0.05) is 5.52 Å². The van der Waals surface area contributed by atoms with Gasteiger partial charge < -0.3 is 29.8 Å². The molecule has 2 nitrogen and oxygen atoms in total. The number of para-hydroxylation sites is 2. The second-order valence-electron chi connectivity index (χ2n) is 4.70. The van der Waals surface area contributed by atoms with Crippen molar-refractivity contribution >= 4 is 21.8 Å². The molecule has 0 atom stereocenters. The smallest absolute Gasteiger partial charge is 1.00 e. The first-order valence-corrected chi connectivity index (χ1v) is 6.54. The largest absolute Gasteiger partial charge is 2.00 e. The van der Waals surface area contributed by atoms with Crippen molar-refractivity contribution < 1.29 is 45.2 Å². The standard InChI is InChI=1S/C18H11N2.2ClH.Pd/c1-3-7-15-13(5-1)9-11-17(19-15)18-12-10-14-6-2-4-8-16(14)20-18;;;/h1-11H;2*1H;/q-1;;;+2/p-2. The van der Waals surface area contributed by atoms with Crippen LogP contribution in [0.2, 0.25) is 0 Å². The van der Waals surface area contributed by atoms with Gasteiger partial charge in [0.05, 0.1) is 5.52 Å². The van der Waals surface area contributed by atoms with Gasteiger partial charge in [-0.15, -0.1) is 6.07 Å². The van der Waals surface area contributed by atoms with Gasteiger partial charge in [0.1, 0.15) is 0 Å². The third-order valence-electron chi connectivity index (χ3n) is 3.37. The van der Waals surface area contributed by atoms with E-state index in [1.807, 2.05) is 54.6 Å². The molecule has 4 aromatic rings. The fourth-order valence-electron chi connectivity index (χ4n) is 2.34. The molecule has 23 heavy (non-hydrogen) atoms. The fraction of sp³-hybridized carbons (Fsp3) is 0. The average Bonchev–Trinajstić information content (AvgIpc) is 2.54. The molecule has 0 aliphatic carbocycles. The van der Waals surface area contributed by atoms with Crippen LogP contribution in [0, 0.1) is 6.07 Å². The molecule has 118 valence electrons. The van der Waals surface area contributed by atoms with Gasteiger partial charge in [-0.25, -0.2) is 0 Å². The molecule has 0 amide bonds. The summed E-state index contributed by atoms with van der Waals surface area (Å²) in [5.74, 6) is 0. The van der Waals surface area contributed by atoms with Crippen LogP contribution in [0.25, 0.3) is 33.2 Å². The number of benzene rings is 2. The predicted molar refractivity (Wildman–Crippen MR) is 81.3 cm³/mol. The third kappa shape index (κ3) is 3.89. The molecule has 0 aliphatic rings. The summed E-state index contributed by atoms with van der Waals surface area (Å²) in [6, 6.07) is 25.4. The molecule has 0 aliphatic heterocycles. The van der Waals surface area contributed by atoms with Crippen molar-refractivity contribution in [2.45, 2.75) is 0 Å². The van der Waals surface area contributed by atoms with E-state index in [-0.39, 0.29) is 45.2 Å². The molecule has 5 heteroatoms.